The van der Waals surface area contributed by atoms with Crippen molar-refractivity contribution in [3.63, 3.8) is 0 Å². The van der Waals surface area contributed by atoms with Crippen molar-refractivity contribution in [2.45, 2.75) is 18.7 Å². The molecule has 1 fully saturated rings. The lowest BCUT2D eigenvalue weighted by Gasteiger charge is -2.16. The second-order valence-electron chi connectivity index (χ2n) is 7.93. The maximum atomic E-state index is 13.1. The molecule has 0 N–H and O–H groups in total. The summed E-state index contributed by atoms with van der Waals surface area (Å²) >= 11 is 0. The van der Waals surface area contributed by atoms with Gasteiger partial charge in [0, 0.05) is 19.0 Å². The molecule has 0 aliphatic carbocycles. The van der Waals surface area contributed by atoms with E-state index in [9.17, 15) is 8.42 Å². The predicted octanol–water partition coefficient (Wildman–Crippen LogP) is 5.58. The number of sulfonamides is 1. The van der Waals surface area contributed by atoms with E-state index in [1.807, 2.05) is 44.2 Å². The van der Waals surface area contributed by atoms with Crippen molar-refractivity contribution in [3.8, 4) is 0 Å². The summed E-state index contributed by atoms with van der Waals surface area (Å²) in [5.41, 5.74) is 7.36. The predicted molar refractivity (Wildman–Crippen MR) is 124 cm³/mol. The standard InChI is InChI=1S/C26H25NO2S/c1-19(2)26-18-27(30(28,29)25-14-8-20(3)9-15-25)17-24(26)13-11-21-10-12-22-6-4-5-7-23(22)16-21/h4-12,14-16,26H,1,17-18H2,2-3H3. The molecule has 1 saturated heterocycles. The number of benzene rings is 3. The van der Waals surface area contributed by atoms with E-state index >= 15 is 0 Å². The first kappa shape index (κ1) is 20.4. The summed E-state index contributed by atoms with van der Waals surface area (Å²) in [6.45, 7) is 8.72. The zero-order valence-electron chi connectivity index (χ0n) is 17.3. The normalized spacial score (nSPS) is 17.1. The number of hydrogen-bond donors (Lipinski definition) is 0. The van der Waals surface area contributed by atoms with Gasteiger partial charge in [-0.3, -0.25) is 0 Å². The second-order valence-corrected chi connectivity index (χ2v) is 9.87. The van der Waals surface area contributed by atoms with Crippen LogP contribution in [0.5, 0.6) is 0 Å². The van der Waals surface area contributed by atoms with E-state index in [1.54, 1.807) is 12.1 Å². The molecule has 1 unspecified atom stereocenters. The zero-order chi connectivity index (χ0) is 21.3. The molecule has 0 bridgehead atoms. The molecule has 3 aromatic rings. The molecule has 0 saturated carbocycles. The SMILES string of the molecule is C=C(C)C1CN(S(=O)(=O)c2ccc(C)cc2)CC1=C=Cc1ccc2ccccc2c1. The zero-order valence-corrected chi connectivity index (χ0v) is 18.1. The van der Waals surface area contributed by atoms with Gasteiger partial charge in [-0.05, 0) is 60.0 Å². The average molecular weight is 416 g/mol. The second kappa shape index (κ2) is 8.08. The summed E-state index contributed by atoms with van der Waals surface area (Å²) in [6.07, 6.45) is 1.94. The molecule has 3 aromatic carbocycles. The lowest BCUT2D eigenvalue weighted by Crippen LogP contribution is -2.29. The van der Waals surface area contributed by atoms with E-state index in [-0.39, 0.29) is 5.92 Å². The van der Waals surface area contributed by atoms with Crippen molar-refractivity contribution in [1.29, 1.82) is 0 Å². The molecule has 30 heavy (non-hydrogen) atoms. The van der Waals surface area contributed by atoms with Crippen LogP contribution in [0.4, 0.5) is 0 Å². The van der Waals surface area contributed by atoms with Gasteiger partial charge in [0.25, 0.3) is 0 Å². The van der Waals surface area contributed by atoms with Crippen molar-refractivity contribution in [2.24, 2.45) is 5.92 Å². The summed E-state index contributed by atoms with van der Waals surface area (Å²) in [7, 11) is -3.55. The molecule has 0 spiro atoms. The van der Waals surface area contributed by atoms with Crippen LogP contribution in [0.2, 0.25) is 0 Å². The van der Waals surface area contributed by atoms with Crippen LogP contribution in [0.15, 0.2) is 95.1 Å². The van der Waals surface area contributed by atoms with E-state index in [0.717, 1.165) is 22.3 Å². The van der Waals surface area contributed by atoms with Crippen LogP contribution < -0.4 is 0 Å². The number of nitrogens with zero attached hydrogens (tertiary/aromatic N) is 1. The van der Waals surface area contributed by atoms with Crippen LogP contribution in [0.1, 0.15) is 18.1 Å². The van der Waals surface area contributed by atoms with Gasteiger partial charge in [0.2, 0.25) is 10.0 Å². The Morgan fingerprint density at radius 2 is 1.77 bits per heavy atom. The number of hydrogen-bond acceptors (Lipinski definition) is 2. The first-order valence-electron chi connectivity index (χ1n) is 10.0. The highest BCUT2D eigenvalue weighted by Crippen LogP contribution is 2.32. The summed E-state index contributed by atoms with van der Waals surface area (Å²) in [6, 6.07) is 21.5. The van der Waals surface area contributed by atoms with Crippen LogP contribution in [0.25, 0.3) is 16.8 Å². The Balaban J connectivity index is 1.67. The van der Waals surface area contributed by atoms with Crippen LogP contribution >= 0.6 is 0 Å². The molecule has 4 rings (SSSR count). The lowest BCUT2D eigenvalue weighted by atomic mass is 9.96. The van der Waals surface area contributed by atoms with Gasteiger partial charge in [0.1, 0.15) is 0 Å². The third kappa shape index (κ3) is 4.03. The highest BCUT2D eigenvalue weighted by atomic mass is 32.2. The highest BCUT2D eigenvalue weighted by Gasteiger charge is 2.36. The Labute approximate surface area is 178 Å². The summed E-state index contributed by atoms with van der Waals surface area (Å²) in [5, 5.41) is 2.36. The first-order chi connectivity index (χ1) is 14.3. The molecule has 4 heteroatoms. The minimum absolute atomic E-state index is 0.0260. The number of rotatable bonds is 4. The van der Waals surface area contributed by atoms with E-state index in [0.29, 0.717) is 18.0 Å². The van der Waals surface area contributed by atoms with Crippen molar-refractivity contribution in [3.05, 3.63) is 101 Å². The molecular formula is C26H25NO2S. The van der Waals surface area contributed by atoms with E-state index in [4.69, 9.17) is 0 Å². The van der Waals surface area contributed by atoms with E-state index < -0.39 is 10.0 Å². The minimum Gasteiger partial charge on any atom is -0.207 e. The molecule has 0 radical (unpaired) electrons. The monoisotopic (exact) mass is 415 g/mol. The van der Waals surface area contributed by atoms with E-state index in [2.05, 4.69) is 42.6 Å². The molecule has 152 valence electrons. The third-order valence-electron chi connectivity index (χ3n) is 5.60. The van der Waals surface area contributed by atoms with Gasteiger partial charge >= 0.3 is 0 Å². The number of fused-ring (bicyclic) bond motifs is 1. The Morgan fingerprint density at radius 1 is 1.07 bits per heavy atom. The maximum absolute atomic E-state index is 13.1. The fourth-order valence-electron chi connectivity index (χ4n) is 3.79. The van der Waals surface area contributed by atoms with Gasteiger partial charge in [-0.2, -0.15) is 4.31 Å². The van der Waals surface area contributed by atoms with Gasteiger partial charge in [0.05, 0.1) is 4.90 Å². The topological polar surface area (TPSA) is 37.4 Å². The molecular weight excluding hydrogens is 390 g/mol. The maximum Gasteiger partial charge on any atom is 0.243 e. The highest BCUT2D eigenvalue weighted by molar-refractivity contribution is 7.89. The molecule has 1 aliphatic heterocycles. The van der Waals surface area contributed by atoms with Crippen LogP contribution in [0, 0.1) is 12.8 Å². The third-order valence-corrected chi connectivity index (χ3v) is 7.43. The molecule has 1 atom stereocenters. The van der Waals surface area contributed by atoms with Crippen LogP contribution in [-0.2, 0) is 10.0 Å². The van der Waals surface area contributed by atoms with Crippen molar-refractivity contribution < 1.29 is 8.42 Å². The van der Waals surface area contributed by atoms with Crippen molar-refractivity contribution in [2.75, 3.05) is 13.1 Å². The van der Waals surface area contributed by atoms with Gasteiger partial charge in [-0.1, -0.05) is 66.2 Å². The van der Waals surface area contributed by atoms with Crippen LogP contribution in [-0.4, -0.2) is 25.8 Å². The smallest absolute Gasteiger partial charge is 0.207 e. The van der Waals surface area contributed by atoms with E-state index in [1.165, 1.54) is 15.1 Å². The van der Waals surface area contributed by atoms with Gasteiger partial charge < -0.3 is 0 Å². The summed E-state index contributed by atoms with van der Waals surface area (Å²) < 4.78 is 27.8. The summed E-state index contributed by atoms with van der Waals surface area (Å²) in [4.78, 5) is 0.327. The fraction of sp³-hybridized carbons (Fsp3) is 0.192. The lowest BCUT2D eigenvalue weighted by molar-refractivity contribution is 0.468. The Bertz CT molecular complexity index is 1280. The van der Waals surface area contributed by atoms with Crippen molar-refractivity contribution in [1.82, 2.24) is 4.31 Å². The Kier molecular flexibility index (Phi) is 5.48. The Morgan fingerprint density at radius 3 is 2.47 bits per heavy atom. The Hall–Kier alpha value is -2.91. The molecule has 1 heterocycles. The quantitative estimate of drug-likeness (QED) is 0.412. The molecule has 1 aliphatic rings. The van der Waals surface area contributed by atoms with Crippen LogP contribution in [0.3, 0.4) is 0 Å². The molecule has 0 amide bonds. The molecule has 0 aromatic heterocycles. The largest absolute Gasteiger partial charge is 0.243 e. The fourth-order valence-corrected chi connectivity index (χ4v) is 5.23. The summed E-state index contributed by atoms with van der Waals surface area (Å²) in [5.74, 6) is -0.0260. The first-order valence-corrected chi connectivity index (χ1v) is 11.4. The van der Waals surface area contributed by atoms with Gasteiger partial charge in [-0.25, -0.2) is 8.42 Å². The van der Waals surface area contributed by atoms with Crippen molar-refractivity contribution >= 4 is 26.9 Å². The van der Waals surface area contributed by atoms with Gasteiger partial charge in [-0.15, -0.1) is 5.73 Å². The van der Waals surface area contributed by atoms with Gasteiger partial charge in [0.15, 0.2) is 0 Å². The average Bonchev–Trinajstić information content (AvgIpc) is 3.18. The number of aryl methyl sites for hydroxylation is 1. The minimum atomic E-state index is -3.55. The molecule has 3 nitrogen and oxygen atoms in total.